The molecule has 1 amide bonds. The van der Waals surface area contributed by atoms with E-state index in [4.69, 9.17) is 0 Å². The van der Waals surface area contributed by atoms with Crippen LogP contribution in [0.4, 0.5) is 10.1 Å². The Morgan fingerprint density at radius 1 is 1.29 bits per heavy atom. The van der Waals surface area contributed by atoms with Gasteiger partial charge in [0.15, 0.2) is 0 Å². The summed E-state index contributed by atoms with van der Waals surface area (Å²) in [6.07, 6.45) is 3.42. The number of aromatic amines is 1. The van der Waals surface area contributed by atoms with Crippen LogP contribution in [0, 0.1) is 19.7 Å². The van der Waals surface area contributed by atoms with Gasteiger partial charge < -0.3 is 10.3 Å². The summed E-state index contributed by atoms with van der Waals surface area (Å²) in [5, 5.41) is 3.79. The fraction of sp³-hybridized carbons (Fsp3) is 0.125. The molecule has 0 unspecified atom stereocenters. The van der Waals surface area contributed by atoms with E-state index in [9.17, 15) is 9.18 Å². The molecular formula is C16H14FN3O. The van der Waals surface area contributed by atoms with Gasteiger partial charge >= 0.3 is 0 Å². The lowest BCUT2D eigenvalue weighted by atomic mass is 10.1. The molecule has 3 aromatic rings. The van der Waals surface area contributed by atoms with E-state index < -0.39 is 0 Å². The molecule has 0 atom stereocenters. The maximum absolute atomic E-state index is 13.1. The van der Waals surface area contributed by atoms with E-state index in [1.54, 1.807) is 19.3 Å². The van der Waals surface area contributed by atoms with Crippen molar-refractivity contribution in [1.29, 1.82) is 0 Å². The second-order valence-corrected chi connectivity index (χ2v) is 4.95. The number of pyridine rings is 1. The highest BCUT2D eigenvalue weighted by Gasteiger charge is 2.13. The lowest BCUT2D eigenvalue weighted by Crippen LogP contribution is -2.14. The molecule has 0 fully saturated rings. The highest BCUT2D eigenvalue weighted by Crippen LogP contribution is 2.23. The van der Waals surface area contributed by atoms with E-state index >= 15 is 0 Å². The van der Waals surface area contributed by atoms with E-state index in [1.807, 2.05) is 13.0 Å². The molecule has 0 aliphatic carbocycles. The summed E-state index contributed by atoms with van der Waals surface area (Å²) in [7, 11) is 0. The third kappa shape index (κ3) is 2.38. The minimum atomic E-state index is -0.351. The number of nitrogens with one attached hydrogen (secondary N) is 2. The Morgan fingerprint density at radius 3 is 2.86 bits per heavy atom. The van der Waals surface area contributed by atoms with Gasteiger partial charge in [0.05, 0.1) is 11.9 Å². The average Bonchev–Trinajstić information content (AvgIpc) is 2.91. The summed E-state index contributed by atoms with van der Waals surface area (Å²) in [4.78, 5) is 19.6. The predicted molar refractivity (Wildman–Crippen MR) is 79.9 cm³/mol. The van der Waals surface area contributed by atoms with Crippen molar-refractivity contribution in [1.82, 2.24) is 9.97 Å². The van der Waals surface area contributed by atoms with Crippen molar-refractivity contribution < 1.29 is 9.18 Å². The summed E-state index contributed by atoms with van der Waals surface area (Å²) in [6.45, 7) is 3.63. The number of benzene rings is 1. The lowest BCUT2D eigenvalue weighted by molar-refractivity contribution is 0.102. The first-order chi connectivity index (χ1) is 10.1. The molecule has 1 aromatic carbocycles. The Labute approximate surface area is 121 Å². The van der Waals surface area contributed by atoms with Crippen molar-refractivity contribution in [2.45, 2.75) is 13.8 Å². The normalized spacial score (nSPS) is 10.8. The standard InChI is InChI=1S/C16H14FN3O/c1-9-7-11(17)3-4-12(9)16(21)20-14-8-19-15-13(10(14)2)5-6-18-15/h3-8H,1-2H3,(H,18,19)(H,20,21). The first-order valence-corrected chi connectivity index (χ1v) is 6.56. The molecule has 0 saturated carbocycles. The fourth-order valence-electron chi connectivity index (χ4n) is 2.34. The van der Waals surface area contributed by atoms with Crippen LogP contribution >= 0.6 is 0 Å². The number of halogens is 1. The summed E-state index contributed by atoms with van der Waals surface area (Å²) >= 11 is 0. The van der Waals surface area contributed by atoms with Gasteiger partial charge in [-0.15, -0.1) is 0 Å². The molecule has 0 saturated heterocycles. The monoisotopic (exact) mass is 283 g/mol. The van der Waals surface area contributed by atoms with Gasteiger partial charge in [-0.3, -0.25) is 4.79 Å². The highest BCUT2D eigenvalue weighted by molar-refractivity contribution is 6.06. The molecule has 3 rings (SSSR count). The molecule has 0 bridgehead atoms. The van der Waals surface area contributed by atoms with E-state index in [2.05, 4.69) is 15.3 Å². The fourth-order valence-corrected chi connectivity index (χ4v) is 2.34. The molecule has 21 heavy (non-hydrogen) atoms. The smallest absolute Gasteiger partial charge is 0.255 e. The summed E-state index contributed by atoms with van der Waals surface area (Å²) in [6, 6.07) is 6.02. The van der Waals surface area contributed by atoms with Gasteiger partial charge in [0.2, 0.25) is 0 Å². The quantitative estimate of drug-likeness (QED) is 0.755. The number of anilines is 1. The van der Waals surface area contributed by atoms with Crippen molar-refractivity contribution in [3.05, 3.63) is 59.2 Å². The van der Waals surface area contributed by atoms with Crippen LogP contribution in [0.5, 0.6) is 0 Å². The van der Waals surface area contributed by atoms with Crippen LogP contribution in [-0.4, -0.2) is 15.9 Å². The van der Waals surface area contributed by atoms with Crippen LogP contribution in [0.15, 0.2) is 36.7 Å². The molecule has 2 aromatic heterocycles. The molecule has 0 aliphatic rings. The summed E-state index contributed by atoms with van der Waals surface area (Å²) in [5.41, 5.74) is 3.42. The van der Waals surface area contributed by atoms with E-state index in [-0.39, 0.29) is 11.7 Å². The van der Waals surface area contributed by atoms with Gasteiger partial charge in [0.1, 0.15) is 11.5 Å². The van der Waals surface area contributed by atoms with Crippen LogP contribution < -0.4 is 5.32 Å². The molecule has 4 nitrogen and oxygen atoms in total. The Morgan fingerprint density at radius 2 is 2.10 bits per heavy atom. The van der Waals surface area contributed by atoms with E-state index in [0.29, 0.717) is 16.8 Å². The van der Waals surface area contributed by atoms with Gasteiger partial charge in [0.25, 0.3) is 5.91 Å². The zero-order chi connectivity index (χ0) is 15.0. The zero-order valence-electron chi connectivity index (χ0n) is 11.7. The molecular weight excluding hydrogens is 269 g/mol. The van der Waals surface area contributed by atoms with Gasteiger partial charge in [0, 0.05) is 17.1 Å². The number of aromatic nitrogens is 2. The number of nitrogens with zero attached hydrogens (tertiary/aromatic N) is 1. The minimum absolute atomic E-state index is 0.271. The maximum atomic E-state index is 13.1. The molecule has 0 radical (unpaired) electrons. The molecule has 0 aliphatic heterocycles. The summed E-state index contributed by atoms with van der Waals surface area (Å²) in [5.74, 6) is -0.622. The predicted octanol–water partition coefficient (Wildman–Crippen LogP) is 3.57. The number of amides is 1. The number of carbonyl (C=O) groups excluding carboxylic acids is 1. The highest BCUT2D eigenvalue weighted by atomic mass is 19.1. The number of H-pyrrole nitrogens is 1. The average molecular weight is 283 g/mol. The van der Waals surface area contributed by atoms with Crippen molar-refractivity contribution in [3.63, 3.8) is 0 Å². The number of carbonyl (C=O) groups is 1. The Hall–Kier alpha value is -2.69. The number of hydrogen-bond donors (Lipinski definition) is 2. The molecule has 106 valence electrons. The topological polar surface area (TPSA) is 57.8 Å². The largest absolute Gasteiger partial charge is 0.346 e. The second kappa shape index (κ2) is 5.01. The third-order valence-corrected chi connectivity index (χ3v) is 3.54. The Bertz CT molecular complexity index is 839. The first kappa shape index (κ1) is 13.3. The number of fused-ring (bicyclic) bond motifs is 1. The van der Waals surface area contributed by atoms with Crippen molar-refractivity contribution >= 4 is 22.6 Å². The first-order valence-electron chi connectivity index (χ1n) is 6.56. The second-order valence-electron chi connectivity index (χ2n) is 4.95. The van der Waals surface area contributed by atoms with Crippen LogP contribution in [-0.2, 0) is 0 Å². The minimum Gasteiger partial charge on any atom is -0.346 e. The van der Waals surface area contributed by atoms with Gasteiger partial charge in [-0.1, -0.05) is 0 Å². The SMILES string of the molecule is Cc1cc(F)ccc1C(=O)Nc1cnc2[nH]ccc2c1C. The maximum Gasteiger partial charge on any atom is 0.255 e. The Balaban J connectivity index is 1.94. The number of aryl methyl sites for hydroxylation is 2. The molecule has 2 heterocycles. The van der Waals surface area contributed by atoms with E-state index in [1.165, 1.54) is 18.2 Å². The van der Waals surface area contributed by atoms with Gasteiger partial charge in [-0.05, 0) is 49.2 Å². The lowest BCUT2D eigenvalue weighted by Gasteiger charge is -2.10. The van der Waals surface area contributed by atoms with Crippen molar-refractivity contribution in [2.75, 3.05) is 5.32 Å². The third-order valence-electron chi connectivity index (χ3n) is 3.54. The molecule has 2 N–H and O–H groups in total. The van der Waals surface area contributed by atoms with Crippen molar-refractivity contribution in [3.8, 4) is 0 Å². The van der Waals surface area contributed by atoms with Gasteiger partial charge in [-0.25, -0.2) is 9.37 Å². The number of hydrogen-bond acceptors (Lipinski definition) is 2. The molecule has 0 spiro atoms. The van der Waals surface area contributed by atoms with Crippen LogP contribution in [0.25, 0.3) is 11.0 Å². The number of rotatable bonds is 2. The van der Waals surface area contributed by atoms with Crippen LogP contribution in [0.3, 0.4) is 0 Å². The van der Waals surface area contributed by atoms with Gasteiger partial charge in [-0.2, -0.15) is 0 Å². The summed E-state index contributed by atoms with van der Waals surface area (Å²) < 4.78 is 13.1. The Kier molecular flexibility index (Phi) is 3.17. The van der Waals surface area contributed by atoms with Crippen LogP contribution in [0.1, 0.15) is 21.5 Å². The zero-order valence-corrected chi connectivity index (χ0v) is 11.7. The van der Waals surface area contributed by atoms with E-state index in [0.717, 1.165) is 16.6 Å². The molecule has 5 heteroatoms. The van der Waals surface area contributed by atoms with Crippen molar-refractivity contribution in [2.24, 2.45) is 0 Å². The van der Waals surface area contributed by atoms with Crippen LogP contribution in [0.2, 0.25) is 0 Å².